The third-order valence-corrected chi connectivity index (χ3v) is 6.67. The molecule has 1 unspecified atom stereocenters. The maximum atomic E-state index is 13.0. The molecule has 0 radical (unpaired) electrons. The lowest BCUT2D eigenvalue weighted by molar-refractivity contribution is -0.126. The van der Waals surface area contributed by atoms with Crippen molar-refractivity contribution in [2.45, 2.75) is 26.3 Å². The van der Waals surface area contributed by atoms with E-state index < -0.39 is 0 Å². The van der Waals surface area contributed by atoms with Gasteiger partial charge in [0.1, 0.15) is 0 Å². The predicted molar refractivity (Wildman–Crippen MR) is 128 cm³/mol. The Bertz CT molecular complexity index is 935. The van der Waals surface area contributed by atoms with Gasteiger partial charge in [0, 0.05) is 57.1 Å². The lowest BCUT2D eigenvalue weighted by Crippen LogP contribution is -2.46. The molecule has 2 fully saturated rings. The second kappa shape index (κ2) is 10.2. The molecule has 2 aliphatic rings. The van der Waals surface area contributed by atoms with Crippen LogP contribution in [0.15, 0.2) is 48.5 Å². The molecule has 0 aromatic heterocycles. The fourth-order valence-electron chi connectivity index (χ4n) is 4.60. The van der Waals surface area contributed by atoms with Crippen LogP contribution in [0.1, 0.15) is 34.3 Å². The molecule has 1 atom stereocenters. The third-order valence-electron chi connectivity index (χ3n) is 6.67. The molecule has 170 valence electrons. The fourth-order valence-corrected chi connectivity index (χ4v) is 4.60. The molecule has 32 heavy (non-hydrogen) atoms. The Balaban J connectivity index is 1.35. The summed E-state index contributed by atoms with van der Waals surface area (Å²) in [5.41, 5.74) is 4.18. The van der Waals surface area contributed by atoms with E-state index in [-0.39, 0.29) is 17.7 Å². The van der Waals surface area contributed by atoms with E-state index in [0.717, 1.165) is 50.1 Å². The van der Waals surface area contributed by atoms with E-state index in [9.17, 15) is 9.59 Å². The fraction of sp³-hybridized carbons (Fsp3) is 0.462. The molecule has 2 amide bonds. The summed E-state index contributed by atoms with van der Waals surface area (Å²) < 4.78 is 0. The normalized spacial score (nSPS) is 19.6. The van der Waals surface area contributed by atoms with Gasteiger partial charge in [-0.2, -0.15) is 0 Å². The number of piperazine rings is 1. The van der Waals surface area contributed by atoms with Crippen LogP contribution in [0.25, 0.3) is 0 Å². The van der Waals surface area contributed by atoms with Crippen molar-refractivity contribution in [1.29, 1.82) is 0 Å². The molecule has 2 heterocycles. The van der Waals surface area contributed by atoms with E-state index in [1.54, 1.807) is 0 Å². The summed E-state index contributed by atoms with van der Waals surface area (Å²) in [5, 5.41) is 3.15. The number of aryl methyl sites for hydroxylation is 1. The topological polar surface area (TPSA) is 55.9 Å². The Morgan fingerprint density at radius 2 is 1.69 bits per heavy atom. The lowest BCUT2D eigenvalue weighted by Gasteiger charge is -2.35. The van der Waals surface area contributed by atoms with Crippen LogP contribution in [0, 0.1) is 12.8 Å². The van der Waals surface area contributed by atoms with E-state index in [0.29, 0.717) is 25.2 Å². The maximum Gasteiger partial charge on any atom is 0.253 e. The number of carbonyl (C=O) groups is 2. The zero-order valence-electron chi connectivity index (χ0n) is 19.2. The van der Waals surface area contributed by atoms with Crippen LogP contribution in [0.2, 0.25) is 0 Å². The van der Waals surface area contributed by atoms with E-state index in [1.807, 2.05) is 42.2 Å². The minimum atomic E-state index is -0.158. The number of para-hydroxylation sites is 1. The Labute approximate surface area is 191 Å². The smallest absolute Gasteiger partial charge is 0.253 e. The van der Waals surface area contributed by atoms with Crippen molar-refractivity contribution >= 4 is 17.5 Å². The number of rotatable bonds is 5. The van der Waals surface area contributed by atoms with Crippen LogP contribution in [-0.4, -0.2) is 67.9 Å². The Morgan fingerprint density at radius 1 is 0.969 bits per heavy atom. The SMILES string of the molecule is Cc1ccc(C(=O)N2CCCC(C(=O)NCc3ccccc3N3CCN(C)CC3)C2)cc1. The molecular formula is C26H34N4O2. The van der Waals surface area contributed by atoms with Gasteiger partial charge in [-0.05, 0) is 50.6 Å². The highest BCUT2D eigenvalue weighted by atomic mass is 16.2. The van der Waals surface area contributed by atoms with Crippen LogP contribution in [0.3, 0.4) is 0 Å². The summed E-state index contributed by atoms with van der Waals surface area (Å²) in [5.74, 6) is -0.101. The molecule has 2 aromatic rings. The van der Waals surface area contributed by atoms with E-state index in [4.69, 9.17) is 0 Å². The first-order valence-corrected chi connectivity index (χ1v) is 11.7. The molecule has 1 N–H and O–H groups in total. The standard InChI is InChI=1S/C26H34N4O2/c1-20-9-11-21(12-10-20)26(32)30-13-5-7-23(19-30)25(31)27-18-22-6-3-4-8-24(22)29-16-14-28(2)15-17-29/h3-4,6,8-12,23H,5,7,13-19H2,1-2H3,(H,27,31). The first kappa shape index (κ1) is 22.3. The van der Waals surface area contributed by atoms with Gasteiger partial charge >= 0.3 is 0 Å². The Morgan fingerprint density at radius 3 is 2.44 bits per heavy atom. The third kappa shape index (κ3) is 5.30. The molecule has 2 saturated heterocycles. The molecule has 2 aliphatic heterocycles. The van der Waals surface area contributed by atoms with Gasteiger partial charge in [0.05, 0.1) is 5.92 Å². The number of benzene rings is 2. The number of hydrogen-bond donors (Lipinski definition) is 1. The summed E-state index contributed by atoms with van der Waals surface area (Å²) in [6.45, 7) is 7.82. The van der Waals surface area contributed by atoms with Crippen LogP contribution < -0.4 is 10.2 Å². The molecule has 6 heteroatoms. The van der Waals surface area contributed by atoms with Gasteiger partial charge in [-0.3, -0.25) is 9.59 Å². The molecule has 0 spiro atoms. The second-order valence-electron chi connectivity index (χ2n) is 9.09. The van der Waals surface area contributed by atoms with Gasteiger partial charge in [-0.25, -0.2) is 0 Å². The molecular weight excluding hydrogens is 400 g/mol. The summed E-state index contributed by atoms with van der Waals surface area (Å²) in [6, 6.07) is 16.0. The summed E-state index contributed by atoms with van der Waals surface area (Å²) in [7, 11) is 2.15. The number of nitrogens with one attached hydrogen (secondary N) is 1. The van der Waals surface area contributed by atoms with E-state index >= 15 is 0 Å². The molecule has 0 saturated carbocycles. The van der Waals surface area contributed by atoms with Gasteiger partial charge in [-0.1, -0.05) is 35.9 Å². The summed E-state index contributed by atoms with van der Waals surface area (Å²) >= 11 is 0. The van der Waals surface area contributed by atoms with Gasteiger partial charge in [0.2, 0.25) is 5.91 Å². The number of piperidine rings is 1. The quantitative estimate of drug-likeness (QED) is 0.786. The number of nitrogens with zero attached hydrogens (tertiary/aromatic N) is 3. The van der Waals surface area contributed by atoms with Crippen molar-refractivity contribution in [2.24, 2.45) is 5.92 Å². The van der Waals surface area contributed by atoms with Crippen LogP contribution >= 0.6 is 0 Å². The number of anilines is 1. The van der Waals surface area contributed by atoms with Crippen LogP contribution in [0.5, 0.6) is 0 Å². The van der Waals surface area contributed by atoms with Crippen LogP contribution in [-0.2, 0) is 11.3 Å². The Hall–Kier alpha value is -2.86. The van der Waals surface area contributed by atoms with Gasteiger partial charge in [0.15, 0.2) is 0 Å². The first-order chi connectivity index (χ1) is 15.5. The number of hydrogen-bond acceptors (Lipinski definition) is 4. The van der Waals surface area contributed by atoms with Gasteiger partial charge in [-0.15, -0.1) is 0 Å². The van der Waals surface area contributed by atoms with Gasteiger partial charge in [0.25, 0.3) is 5.91 Å². The van der Waals surface area contributed by atoms with Gasteiger partial charge < -0.3 is 20.0 Å². The monoisotopic (exact) mass is 434 g/mol. The highest BCUT2D eigenvalue weighted by Gasteiger charge is 2.29. The van der Waals surface area contributed by atoms with Crippen molar-refractivity contribution in [3.05, 3.63) is 65.2 Å². The van der Waals surface area contributed by atoms with Crippen molar-refractivity contribution < 1.29 is 9.59 Å². The predicted octanol–water partition coefficient (Wildman–Crippen LogP) is 2.92. The van der Waals surface area contributed by atoms with Crippen molar-refractivity contribution in [2.75, 3.05) is 51.2 Å². The highest BCUT2D eigenvalue weighted by molar-refractivity contribution is 5.94. The van der Waals surface area contributed by atoms with Crippen molar-refractivity contribution in [1.82, 2.24) is 15.1 Å². The van der Waals surface area contributed by atoms with Crippen molar-refractivity contribution in [3.63, 3.8) is 0 Å². The number of likely N-dealkylation sites (N-methyl/N-ethyl adjacent to an activating group) is 1. The lowest BCUT2D eigenvalue weighted by atomic mass is 9.96. The zero-order valence-corrected chi connectivity index (χ0v) is 19.2. The van der Waals surface area contributed by atoms with Crippen molar-refractivity contribution in [3.8, 4) is 0 Å². The minimum Gasteiger partial charge on any atom is -0.369 e. The largest absolute Gasteiger partial charge is 0.369 e. The first-order valence-electron chi connectivity index (χ1n) is 11.7. The van der Waals surface area contributed by atoms with Crippen LogP contribution in [0.4, 0.5) is 5.69 Å². The average Bonchev–Trinajstić information content (AvgIpc) is 2.83. The summed E-state index contributed by atoms with van der Waals surface area (Å²) in [4.78, 5) is 32.4. The zero-order chi connectivity index (χ0) is 22.5. The molecule has 6 nitrogen and oxygen atoms in total. The molecule has 0 bridgehead atoms. The molecule has 2 aromatic carbocycles. The van der Waals surface area contributed by atoms with E-state index in [2.05, 4.69) is 40.4 Å². The minimum absolute atomic E-state index is 0.0166. The summed E-state index contributed by atoms with van der Waals surface area (Å²) in [6.07, 6.45) is 1.68. The van der Waals surface area contributed by atoms with E-state index in [1.165, 1.54) is 5.69 Å². The Kier molecular flexibility index (Phi) is 7.10. The highest BCUT2D eigenvalue weighted by Crippen LogP contribution is 2.23. The number of likely N-dealkylation sites (tertiary alicyclic amines) is 1. The molecule has 0 aliphatic carbocycles. The number of carbonyl (C=O) groups excluding carboxylic acids is 2. The maximum absolute atomic E-state index is 13.0. The average molecular weight is 435 g/mol. The molecule has 4 rings (SSSR count). The second-order valence-corrected chi connectivity index (χ2v) is 9.09. The number of amides is 2.